The summed E-state index contributed by atoms with van der Waals surface area (Å²) in [6, 6.07) is 15.1. The molecule has 2 aliphatic rings. The van der Waals surface area contributed by atoms with Gasteiger partial charge in [-0.25, -0.2) is 0 Å². The van der Waals surface area contributed by atoms with Gasteiger partial charge in [0.25, 0.3) is 0 Å². The van der Waals surface area contributed by atoms with Crippen LogP contribution in [0.1, 0.15) is 46.9 Å². The van der Waals surface area contributed by atoms with E-state index in [4.69, 9.17) is 0 Å². The Morgan fingerprint density at radius 3 is 2.77 bits per heavy atom. The summed E-state index contributed by atoms with van der Waals surface area (Å²) in [5.41, 5.74) is 6.38. The Hall–Kier alpha value is -1.74. The molecule has 1 saturated heterocycles. The lowest BCUT2D eigenvalue weighted by Gasteiger charge is -2.24. The van der Waals surface area contributed by atoms with Crippen LogP contribution in [0.5, 0.6) is 0 Å². The number of aryl methyl sites for hydroxylation is 1. The van der Waals surface area contributed by atoms with Crippen molar-refractivity contribution in [2.24, 2.45) is 0 Å². The van der Waals surface area contributed by atoms with Gasteiger partial charge in [0.15, 0.2) is 0 Å². The number of hydrogen-bond acceptors (Lipinski definition) is 2. The number of anilines is 1. The number of thioether (sulfide) groups is 1. The maximum absolute atomic E-state index is 12.5. The van der Waals surface area contributed by atoms with Gasteiger partial charge in [0.05, 0.1) is 5.75 Å². The highest BCUT2D eigenvalue weighted by molar-refractivity contribution is 8.00. The second kappa shape index (κ2) is 5.17. The van der Waals surface area contributed by atoms with Gasteiger partial charge in [0.2, 0.25) is 5.91 Å². The van der Waals surface area contributed by atoms with Crippen LogP contribution in [-0.2, 0) is 4.79 Å². The number of rotatable bonds is 1. The lowest BCUT2D eigenvalue weighted by atomic mass is 9.86. The third-order valence-electron chi connectivity index (χ3n) is 4.73. The molecular weight excluding hydrogens is 290 g/mol. The van der Waals surface area contributed by atoms with E-state index in [0.29, 0.717) is 11.7 Å². The highest BCUT2D eigenvalue weighted by Gasteiger charge is 2.40. The number of hydrogen-bond donors (Lipinski definition) is 0. The van der Waals surface area contributed by atoms with Crippen molar-refractivity contribution in [3.05, 3.63) is 64.7 Å². The summed E-state index contributed by atoms with van der Waals surface area (Å²) in [4.78, 5) is 14.5. The van der Waals surface area contributed by atoms with E-state index in [1.807, 2.05) is 11.0 Å². The Labute approximate surface area is 135 Å². The summed E-state index contributed by atoms with van der Waals surface area (Å²) in [7, 11) is 0. The smallest absolute Gasteiger partial charge is 0.238 e. The van der Waals surface area contributed by atoms with Crippen LogP contribution < -0.4 is 4.90 Å². The molecule has 0 bridgehead atoms. The molecule has 0 saturated carbocycles. The van der Waals surface area contributed by atoms with E-state index in [1.54, 1.807) is 11.8 Å². The van der Waals surface area contributed by atoms with Gasteiger partial charge < -0.3 is 0 Å². The van der Waals surface area contributed by atoms with Crippen LogP contribution in [0.15, 0.2) is 42.5 Å². The van der Waals surface area contributed by atoms with Crippen LogP contribution in [0, 0.1) is 6.92 Å². The Kier molecular flexibility index (Phi) is 3.26. The number of carbonyl (C=O) groups excluding carboxylic acids is 1. The topological polar surface area (TPSA) is 20.3 Å². The standard InChI is InChI=1S/C19H19NOS/c1-3-13-14-6-4-5-7-17(14)20-18(21)11-22-19(20)15-9-8-12(2)10-16(13)15/h4-10,13,19H,3,11H2,1-2H3/t13-,19+/m1/s1. The number of para-hydroxylation sites is 1. The lowest BCUT2D eigenvalue weighted by Crippen LogP contribution is -2.27. The molecule has 22 heavy (non-hydrogen) atoms. The first-order valence-electron chi connectivity index (χ1n) is 7.83. The predicted molar refractivity (Wildman–Crippen MR) is 92.4 cm³/mol. The third kappa shape index (κ3) is 1.92. The van der Waals surface area contributed by atoms with Crippen molar-refractivity contribution in [3.63, 3.8) is 0 Å². The molecule has 0 aromatic heterocycles. The van der Waals surface area contributed by atoms with Crippen LogP contribution in [0.25, 0.3) is 0 Å². The normalized spacial score (nSPS) is 22.8. The molecule has 2 nitrogen and oxygen atoms in total. The molecule has 2 heterocycles. The van der Waals surface area contributed by atoms with Crippen molar-refractivity contribution >= 4 is 23.4 Å². The van der Waals surface area contributed by atoms with Gasteiger partial charge in [-0.15, -0.1) is 11.8 Å². The maximum Gasteiger partial charge on any atom is 0.238 e. The van der Waals surface area contributed by atoms with E-state index in [0.717, 1.165) is 12.1 Å². The quantitative estimate of drug-likeness (QED) is 0.765. The molecule has 0 aliphatic carbocycles. The molecule has 1 fully saturated rings. The molecular formula is C19H19NOS. The monoisotopic (exact) mass is 309 g/mol. The predicted octanol–water partition coefficient (Wildman–Crippen LogP) is 4.63. The summed E-state index contributed by atoms with van der Waals surface area (Å²) in [5, 5.41) is 0.126. The van der Waals surface area contributed by atoms with Gasteiger partial charge in [-0.2, -0.15) is 0 Å². The van der Waals surface area contributed by atoms with Crippen molar-refractivity contribution < 1.29 is 4.79 Å². The molecule has 0 N–H and O–H groups in total. The Morgan fingerprint density at radius 2 is 1.95 bits per heavy atom. The van der Waals surface area contributed by atoms with E-state index in [1.165, 1.54) is 22.3 Å². The Bertz CT molecular complexity index is 755. The largest absolute Gasteiger partial charge is 0.295 e. The molecule has 1 amide bonds. The van der Waals surface area contributed by atoms with Crippen LogP contribution in [0.4, 0.5) is 5.69 Å². The lowest BCUT2D eigenvalue weighted by molar-refractivity contribution is -0.115. The maximum atomic E-state index is 12.5. The van der Waals surface area contributed by atoms with Crippen LogP contribution >= 0.6 is 11.8 Å². The van der Waals surface area contributed by atoms with Crippen molar-refractivity contribution in [2.45, 2.75) is 31.6 Å². The van der Waals surface area contributed by atoms with Crippen molar-refractivity contribution in [3.8, 4) is 0 Å². The average Bonchev–Trinajstić information content (AvgIpc) is 2.85. The number of carbonyl (C=O) groups is 1. The second-order valence-electron chi connectivity index (χ2n) is 6.08. The first-order chi connectivity index (χ1) is 10.7. The van der Waals surface area contributed by atoms with Crippen molar-refractivity contribution in [2.75, 3.05) is 10.7 Å². The molecule has 0 unspecified atom stereocenters. The minimum atomic E-state index is 0.126. The summed E-state index contributed by atoms with van der Waals surface area (Å²) in [5.74, 6) is 1.17. The van der Waals surface area contributed by atoms with Crippen LogP contribution in [-0.4, -0.2) is 11.7 Å². The molecule has 2 aromatic carbocycles. The van der Waals surface area contributed by atoms with Gasteiger partial charge in [0.1, 0.15) is 5.37 Å². The molecule has 4 rings (SSSR count). The van der Waals surface area contributed by atoms with E-state index in [9.17, 15) is 4.79 Å². The fourth-order valence-corrected chi connectivity index (χ4v) is 4.96. The second-order valence-corrected chi connectivity index (χ2v) is 7.15. The summed E-state index contributed by atoms with van der Waals surface area (Å²) in [6.07, 6.45) is 1.05. The summed E-state index contributed by atoms with van der Waals surface area (Å²) >= 11 is 1.75. The minimum Gasteiger partial charge on any atom is -0.295 e. The minimum absolute atomic E-state index is 0.126. The number of amides is 1. The fourth-order valence-electron chi connectivity index (χ4n) is 3.74. The van der Waals surface area contributed by atoms with Crippen LogP contribution in [0.3, 0.4) is 0 Å². The van der Waals surface area contributed by atoms with E-state index in [-0.39, 0.29) is 11.3 Å². The molecule has 0 spiro atoms. The average molecular weight is 309 g/mol. The van der Waals surface area contributed by atoms with E-state index < -0.39 is 0 Å². The molecule has 2 atom stereocenters. The molecule has 2 aliphatic heterocycles. The zero-order valence-corrected chi connectivity index (χ0v) is 13.7. The zero-order valence-electron chi connectivity index (χ0n) is 12.9. The van der Waals surface area contributed by atoms with Gasteiger partial charge in [-0.1, -0.05) is 48.9 Å². The number of nitrogens with zero attached hydrogens (tertiary/aromatic N) is 1. The summed E-state index contributed by atoms with van der Waals surface area (Å²) < 4.78 is 0. The van der Waals surface area contributed by atoms with Crippen LogP contribution in [0.2, 0.25) is 0 Å². The fraction of sp³-hybridized carbons (Fsp3) is 0.316. The highest BCUT2D eigenvalue weighted by Crippen LogP contribution is 2.51. The Morgan fingerprint density at radius 1 is 1.14 bits per heavy atom. The van der Waals surface area contributed by atoms with Gasteiger partial charge >= 0.3 is 0 Å². The molecule has 0 radical (unpaired) electrons. The molecule has 112 valence electrons. The van der Waals surface area contributed by atoms with Crippen molar-refractivity contribution in [1.29, 1.82) is 0 Å². The Balaban J connectivity index is 2.03. The van der Waals surface area contributed by atoms with Gasteiger partial charge in [-0.05, 0) is 36.1 Å². The zero-order chi connectivity index (χ0) is 15.3. The SMILES string of the molecule is CC[C@H]1c2cc(C)ccc2[C@@H]2SCC(=O)N2c2ccccc21. The molecule has 3 heteroatoms. The highest BCUT2D eigenvalue weighted by atomic mass is 32.2. The number of benzene rings is 2. The molecule has 2 aromatic rings. The van der Waals surface area contributed by atoms with E-state index >= 15 is 0 Å². The first-order valence-corrected chi connectivity index (χ1v) is 8.88. The summed E-state index contributed by atoms with van der Waals surface area (Å²) in [6.45, 7) is 4.38. The third-order valence-corrected chi connectivity index (χ3v) is 5.93. The van der Waals surface area contributed by atoms with Gasteiger partial charge in [0, 0.05) is 11.6 Å². The van der Waals surface area contributed by atoms with Gasteiger partial charge in [-0.3, -0.25) is 9.69 Å². The number of fused-ring (bicyclic) bond motifs is 5. The first kappa shape index (κ1) is 13.9. The van der Waals surface area contributed by atoms with Crippen molar-refractivity contribution in [1.82, 2.24) is 0 Å². The van der Waals surface area contributed by atoms with E-state index in [2.05, 4.69) is 50.2 Å².